The third-order valence-corrected chi connectivity index (χ3v) is 6.91. The van der Waals surface area contributed by atoms with Crippen molar-refractivity contribution in [1.82, 2.24) is 24.4 Å². The normalized spacial score (nSPS) is 20.8. The van der Waals surface area contributed by atoms with Crippen molar-refractivity contribution in [2.75, 3.05) is 0 Å². The lowest BCUT2D eigenvalue weighted by molar-refractivity contribution is 0.0808. The van der Waals surface area contributed by atoms with Crippen LogP contribution in [0.3, 0.4) is 0 Å². The lowest BCUT2D eigenvalue weighted by atomic mass is 9.68. The van der Waals surface area contributed by atoms with E-state index < -0.39 is 0 Å². The first kappa shape index (κ1) is 23.3. The fourth-order valence-corrected chi connectivity index (χ4v) is 4.85. The monoisotopic (exact) mass is 453 g/mol. The van der Waals surface area contributed by atoms with E-state index in [-0.39, 0.29) is 40.1 Å². The van der Waals surface area contributed by atoms with Gasteiger partial charge in [-0.2, -0.15) is 0 Å². The maximum absolute atomic E-state index is 12.9. The van der Waals surface area contributed by atoms with Crippen molar-refractivity contribution in [1.29, 1.82) is 0 Å². The van der Waals surface area contributed by atoms with Gasteiger partial charge in [-0.1, -0.05) is 34.6 Å². The van der Waals surface area contributed by atoms with Crippen LogP contribution in [-0.4, -0.2) is 31.1 Å². The number of amides is 1. The number of nitrogens with one attached hydrogen (secondary N) is 1. The summed E-state index contributed by atoms with van der Waals surface area (Å²) in [6.07, 6.45) is 4.02. The molecule has 8 nitrogen and oxygen atoms in total. The molecule has 0 bridgehead atoms. The number of aromatic nitrogens is 4. The molecule has 1 aliphatic carbocycles. The molecule has 2 atom stereocenters. The van der Waals surface area contributed by atoms with Gasteiger partial charge in [-0.25, -0.2) is 14.8 Å². The van der Waals surface area contributed by atoms with Crippen LogP contribution in [0.25, 0.3) is 11.2 Å². The lowest BCUT2D eigenvalue weighted by Crippen LogP contribution is -2.48. The minimum absolute atomic E-state index is 0.0149. The predicted octanol–water partition coefficient (Wildman–Crippen LogP) is 4.17. The summed E-state index contributed by atoms with van der Waals surface area (Å²) >= 11 is 0. The quantitative estimate of drug-likeness (QED) is 0.640. The van der Waals surface area contributed by atoms with Crippen molar-refractivity contribution in [2.24, 2.45) is 17.9 Å². The zero-order valence-electron chi connectivity index (χ0n) is 20.7. The Hall–Kier alpha value is -2.90. The molecule has 0 radical (unpaired) electrons. The van der Waals surface area contributed by atoms with E-state index in [9.17, 15) is 9.59 Å². The predicted molar refractivity (Wildman–Crippen MR) is 127 cm³/mol. The molecule has 0 aromatic carbocycles. The van der Waals surface area contributed by atoms with Crippen LogP contribution in [0, 0.1) is 17.8 Å². The average Bonchev–Trinajstić information content (AvgIpc) is 3.25. The van der Waals surface area contributed by atoms with E-state index in [2.05, 4.69) is 44.9 Å². The smallest absolute Gasteiger partial charge is 0.330 e. The van der Waals surface area contributed by atoms with Crippen LogP contribution in [0.1, 0.15) is 81.7 Å². The second-order valence-electron chi connectivity index (χ2n) is 11.3. The minimum atomic E-state index is -0.228. The Morgan fingerprint density at radius 2 is 2.03 bits per heavy atom. The second-order valence-corrected chi connectivity index (χ2v) is 11.3. The highest BCUT2D eigenvalue weighted by molar-refractivity contribution is 5.92. The van der Waals surface area contributed by atoms with Crippen LogP contribution >= 0.6 is 0 Å². The molecule has 3 heterocycles. The Morgan fingerprint density at radius 3 is 2.67 bits per heavy atom. The van der Waals surface area contributed by atoms with Gasteiger partial charge in [0, 0.05) is 31.2 Å². The molecule has 3 aromatic rings. The Morgan fingerprint density at radius 1 is 1.30 bits per heavy atom. The number of pyridine rings is 1. The van der Waals surface area contributed by atoms with Crippen LogP contribution in [0.15, 0.2) is 27.7 Å². The Bertz CT molecular complexity index is 1240. The van der Waals surface area contributed by atoms with Crippen molar-refractivity contribution in [3.63, 3.8) is 0 Å². The van der Waals surface area contributed by atoms with Crippen LogP contribution < -0.4 is 11.0 Å². The van der Waals surface area contributed by atoms with Gasteiger partial charge in [0.2, 0.25) is 5.76 Å². The second kappa shape index (κ2) is 8.15. The Kier molecular flexibility index (Phi) is 5.75. The lowest BCUT2D eigenvalue weighted by Gasteiger charge is -2.42. The molecule has 0 saturated heterocycles. The minimum Gasteiger partial charge on any atom is -0.438 e. The molecule has 1 amide bonds. The number of fused-ring (bicyclic) bond motifs is 1. The molecule has 8 heteroatoms. The van der Waals surface area contributed by atoms with Crippen LogP contribution in [0.5, 0.6) is 0 Å². The van der Waals surface area contributed by atoms with E-state index in [1.54, 1.807) is 18.5 Å². The highest BCUT2D eigenvalue weighted by Gasteiger charge is 2.39. The zero-order valence-corrected chi connectivity index (χ0v) is 20.7. The third-order valence-electron chi connectivity index (χ3n) is 6.91. The number of oxazole rings is 1. The molecule has 178 valence electrons. The van der Waals surface area contributed by atoms with Crippen LogP contribution in [0.2, 0.25) is 0 Å². The summed E-state index contributed by atoms with van der Waals surface area (Å²) in [6, 6.07) is 4.04. The molecule has 0 aliphatic heterocycles. The van der Waals surface area contributed by atoms with Gasteiger partial charge in [-0.05, 0) is 49.1 Å². The number of imidazole rings is 1. The van der Waals surface area contributed by atoms with E-state index >= 15 is 0 Å². The summed E-state index contributed by atoms with van der Waals surface area (Å²) in [4.78, 5) is 34.6. The topological polar surface area (TPSA) is 95.0 Å². The number of carbonyl (C=O) groups excluding carboxylic acids is 1. The largest absolute Gasteiger partial charge is 0.438 e. The number of rotatable bonds is 4. The number of nitrogens with zero attached hydrogens (tertiary/aromatic N) is 4. The summed E-state index contributed by atoms with van der Waals surface area (Å²) in [5.41, 5.74) is 3.03. The number of hydrogen-bond donors (Lipinski definition) is 1. The van der Waals surface area contributed by atoms with Crippen molar-refractivity contribution >= 4 is 17.1 Å². The molecule has 1 N–H and O–H groups in total. The third kappa shape index (κ3) is 4.48. The Labute approximate surface area is 194 Å². The van der Waals surface area contributed by atoms with E-state index in [4.69, 9.17) is 9.40 Å². The van der Waals surface area contributed by atoms with Crippen molar-refractivity contribution in [2.45, 2.75) is 79.3 Å². The van der Waals surface area contributed by atoms with E-state index in [0.29, 0.717) is 17.9 Å². The first-order chi connectivity index (χ1) is 15.4. The molecule has 0 spiro atoms. The van der Waals surface area contributed by atoms with Gasteiger partial charge < -0.3 is 9.73 Å². The number of aryl methyl sites for hydroxylation is 2. The van der Waals surface area contributed by atoms with Gasteiger partial charge in [0.05, 0.1) is 11.2 Å². The summed E-state index contributed by atoms with van der Waals surface area (Å²) in [7, 11) is 1.79. The van der Waals surface area contributed by atoms with Crippen LogP contribution in [-0.2, 0) is 13.6 Å². The molecule has 1 aliphatic rings. The maximum atomic E-state index is 12.9. The standard InChI is InChI=1S/C25H35N5O3/c1-15-20(33-14-26-15)22(31)28-19-12-16(10-11-25(19,5)6)17-8-9-18-21(27-17)29(7)23(32)30(18)13-24(2,3)4/h8-9,14,16,19H,10-13H2,1-7H3,(H,28,31). The van der Waals surface area contributed by atoms with E-state index in [0.717, 1.165) is 30.5 Å². The van der Waals surface area contributed by atoms with Gasteiger partial charge in [0.15, 0.2) is 12.0 Å². The fraction of sp³-hybridized carbons (Fsp3) is 0.600. The van der Waals surface area contributed by atoms with Gasteiger partial charge in [0.25, 0.3) is 5.91 Å². The molecule has 2 unspecified atom stereocenters. The van der Waals surface area contributed by atoms with Gasteiger partial charge in [0.1, 0.15) is 0 Å². The van der Waals surface area contributed by atoms with Gasteiger partial charge >= 0.3 is 5.69 Å². The highest BCUT2D eigenvalue weighted by Crippen LogP contribution is 2.42. The van der Waals surface area contributed by atoms with E-state index in [1.165, 1.54) is 6.39 Å². The highest BCUT2D eigenvalue weighted by atomic mass is 16.3. The summed E-state index contributed by atoms with van der Waals surface area (Å²) in [6.45, 7) is 13.2. The molecular formula is C25H35N5O3. The van der Waals surface area contributed by atoms with Crippen LogP contribution in [0.4, 0.5) is 0 Å². The molecule has 1 saturated carbocycles. The maximum Gasteiger partial charge on any atom is 0.330 e. The van der Waals surface area contributed by atoms with Gasteiger partial charge in [-0.15, -0.1) is 0 Å². The number of hydrogen-bond acceptors (Lipinski definition) is 5. The Balaban J connectivity index is 1.61. The zero-order chi connectivity index (χ0) is 24.1. The van der Waals surface area contributed by atoms with Crippen molar-refractivity contribution < 1.29 is 9.21 Å². The van der Waals surface area contributed by atoms with E-state index in [1.807, 2.05) is 16.7 Å². The molecule has 3 aromatic heterocycles. The molecular weight excluding hydrogens is 418 g/mol. The first-order valence-corrected chi connectivity index (χ1v) is 11.6. The molecule has 1 fully saturated rings. The fourth-order valence-electron chi connectivity index (χ4n) is 4.85. The van der Waals surface area contributed by atoms with Crippen molar-refractivity contribution in [3.05, 3.63) is 46.2 Å². The number of carbonyl (C=O) groups is 1. The first-order valence-electron chi connectivity index (χ1n) is 11.6. The molecule has 4 rings (SSSR count). The van der Waals surface area contributed by atoms with Crippen molar-refractivity contribution in [3.8, 4) is 0 Å². The SMILES string of the molecule is Cc1ncoc1C(=O)NC1CC(c2ccc3c(n2)n(C)c(=O)n3CC(C)(C)C)CCC1(C)C. The summed E-state index contributed by atoms with van der Waals surface area (Å²) in [5, 5.41) is 3.18. The summed E-state index contributed by atoms with van der Waals surface area (Å²) in [5.74, 6) is 0.237. The summed E-state index contributed by atoms with van der Waals surface area (Å²) < 4.78 is 8.75. The average molecular weight is 454 g/mol. The van der Waals surface area contributed by atoms with Gasteiger partial charge in [-0.3, -0.25) is 13.9 Å². The molecule has 33 heavy (non-hydrogen) atoms.